The molecule has 0 aliphatic carbocycles. The van der Waals surface area contributed by atoms with Gasteiger partial charge in [-0.15, -0.1) is 12.4 Å². The molecule has 5 nitrogen and oxygen atoms in total. The number of anilines is 2. The van der Waals surface area contributed by atoms with Gasteiger partial charge in [0.25, 0.3) is 0 Å². The highest BCUT2D eigenvalue weighted by Crippen LogP contribution is 2.24. The van der Waals surface area contributed by atoms with Gasteiger partial charge >= 0.3 is 0 Å². The first-order valence-corrected chi connectivity index (χ1v) is 5.61. The van der Waals surface area contributed by atoms with Crippen LogP contribution in [0.1, 0.15) is 12.8 Å². The van der Waals surface area contributed by atoms with E-state index in [1.165, 1.54) is 0 Å². The predicted octanol–water partition coefficient (Wildman–Crippen LogP) is 1.13. The molecule has 0 radical (unpaired) electrons. The van der Waals surface area contributed by atoms with E-state index in [4.69, 9.17) is 5.73 Å². The summed E-state index contributed by atoms with van der Waals surface area (Å²) >= 11 is 0. The van der Waals surface area contributed by atoms with Crippen LogP contribution in [0, 0.1) is 0 Å². The number of rotatable bonds is 3. The molecule has 0 atom stereocenters. The van der Waals surface area contributed by atoms with Gasteiger partial charge in [-0.1, -0.05) is 6.07 Å². The van der Waals surface area contributed by atoms with E-state index in [-0.39, 0.29) is 30.8 Å². The number of carbonyl (C=O) groups excluding carboxylic acids is 2. The van der Waals surface area contributed by atoms with Crippen LogP contribution >= 0.6 is 12.4 Å². The molecule has 1 aliphatic heterocycles. The number of nitrogens with one attached hydrogen (secondary N) is 1. The highest BCUT2D eigenvalue weighted by Gasteiger charge is 2.21. The van der Waals surface area contributed by atoms with Crippen molar-refractivity contribution in [2.45, 2.75) is 12.8 Å². The Kier molecular flexibility index (Phi) is 5.12. The van der Waals surface area contributed by atoms with Crippen molar-refractivity contribution in [3.8, 4) is 0 Å². The van der Waals surface area contributed by atoms with Crippen molar-refractivity contribution >= 4 is 35.6 Å². The molecule has 0 aromatic heterocycles. The van der Waals surface area contributed by atoms with Gasteiger partial charge in [0.2, 0.25) is 11.8 Å². The van der Waals surface area contributed by atoms with E-state index >= 15 is 0 Å². The van der Waals surface area contributed by atoms with Gasteiger partial charge in [-0.2, -0.15) is 0 Å². The fourth-order valence-electron chi connectivity index (χ4n) is 1.88. The average Bonchev–Trinajstić information content (AvgIpc) is 2.75. The molecule has 1 saturated heterocycles. The molecule has 0 spiro atoms. The Labute approximate surface area is 112 Å². The van der Waals surface area contributed by atoms with E-state index in [2.05, 4.69) is 5.32 Å². The van der Waals surface area contributed by atoms with Crippen LogP contribution in [0.3, 0.4) is 0 Å². The van der Waals surface area contributed by atoms with Crippen molar-refractivity contribution in [1.82, 2.24) is 0 Å². The number of nitrogens with zero attached hydrogens (tertiary/aromatic N) is 1. The lowest BCUT2D eigenvalue weighted by molar-refractivity contribution is -0.117. The molecule has 2 rings (SSSR count). The summed E-state index contributed by atoms with van der Waals surface area (Å²) in [6, 6.07) is 7.24. The summed E-state index contributed by atoms with van der Waals surface area (Å²) in [5.74, 6) is -0.109. The quantitative estimate of drug-likeness (QED) is 0.864. The molecular weight excluding hydrogens is 254 g/mol. The zero-order chi connectivity index (χ0) is 12.3. The van der Waals surface area contributed by atoms with Crippen molar-refractivity contribution in [3.05, 3.63) is 24.3 Å². The van der Waals surface area contributed by atoms with E-state index in [1.807, 2.05) is 12.1 Å². The van der Waals surface area contributed by atoms with Crippen molar-refractivity contribution < 1.29 is 9.59 Å². The fraction of sp³-hybridized carbons (Fsp3) is 0.333. The number of amides is 2. The molecule has 98 valence electrons. The SMILES string of the molecule is Cl.NCC(=O)Nc1cccc(N2CCCC2=O)c1. The molecule has 1 aliphatic rings. The van der Waals surface area contributed by atoms with Gasteiger partial charge in [0.15, 0.2) is 0 Å². The van der Waals surface area contributed by atoms with Crippen LogP contribution in [0.4, 0.5) is 11.4 Å². The van der Waals surface area contributed by atoms with Crippen molar-refractivity contribution in [1.29, 1.82) is 0 Å². The number of halogens is 1. The third-order valence-corrected chi connectivity index (χ3v) is 2.70. The molecule has 1 heterocycles. The van der Waals surface area contributed by atoms with Crippen molar-refractivity contribution in [3.63, 3.8) is 0 Å². The first-order valence-electron chi connectivity index (χ1n) is 5.61. The number of benzene rings is 1. The second-order valence-corrected chi connectivity index (χ2v) is 3.95. The number of carbonyl (C=O) groups is 2. The van der Waals surface area contributed by atoms with Crippen LogP contribution in [-0.4, -0.2) is 24.9 Å². The molecule has 1 aromatic rings. The van der Waals surface area contributed by atoms with Gasteiger partial charge in [0, 0.05) is 24.3 Å². The molecule has 1 fully saturated rings. The summed E-state index contributed by atoms with van der Waals surface area (Å²) in [4.78, 5) is 24.5. The Morgan fingerprint density at radius 2 is 2.22 bits per heavy atom. The van der Waals surface area contributed by atoms with Crippen LogP contribution in [0.2, 0.25) is 0 Å². The van der Waals surface area contributed by atoms with Crippen LogP contribution in [0.5, 0.6) is 0 Å². The Morgan fingerprint density at radius 3 is 2.83 bits per heavy atom. The molecule has 2 amide bonds. The summed E-state index contributed by atoms with van der Waals surface area (Å²) in [5.41, 5.74) is 6.71. The minimum absolute atomic E-state index is 0. The first kappa shape index (κ1) is 14.5. The molecule has 0 unspecified atom stereocenters. The maximum atomic E-state index is 11.6. The van der Waals surface area contributed by atoms with E-state index < -0.39 is 0 Å². The molecule has 6 heteroatoms. The minimum atomic E-state index is -0.241. The van der Waals surface area contributed by atoms with Crippen molar-refractivity contribution in [2.75, 3.05) is 23.3 Å². The number of nitrogens with two attached hydrogens (primary N) is 1. The summed E-state index contributed by atoms with van der Waals surface area (Å²) in [6.07, 6.45) is 1.48. The lowest BCUT2D eigenvalue weighted by Crippen LogP contribution is -2.24. The Morgan fingerprint density at radius 1 is 1.44 bits per heavy atom. The van der Waals surface area contributed by atoms with E-state index in [0.29, 0.717) is 12.1 Å². The second-order valence-electron chi connectivity index (χ2n) is 3.95. The summed E-state index contributed by atoms with van der Waals surface area (Å²) in [5, 5.41) is 2.67. The minimum Gasteiger partial charge on any atom is -0.325 e. The topological polar surface area (TPSA) is 75.4 Å². The fourth-order valence-corrected chi connectivity index (χ4v) is 1.88. The largest absolute Gasteiger partial charge is 0.325 e. The molecular formula is C12H16ClN3O2. The van der Waals surface area contributed by atoms with Gasteiger partial charge in [0.1, 0.15) is 0 Å². The van der Waals surface area contributed by atoms with Crippen LogP contribution < -0.4 is 16.0 Å². The zero-order valence-electron chi connectivity index (χ0n) is 9.89. The second kappa shape index (κ2) is 6.37. The third kappa shape index (κ3) is 3.21. The lowest BCUT2D eigenvalue weighted by Gasteiger charge is -2.16. The van der Waals surface area contributed by atoms with E-state index in [0.717, 1.165) is 18.7 Å². The normalized spacial score (nSPS) is 14.3. The predicted molar refractivity (Wildman–Crippen MR) is 73.0 cm³/mol. The Bertz CT molecular complexity index is 451. The van der Waals surface area contributed by atoms with Gasteiger partial charge < -0.3 is 16.0 Å². The Balaban J connectivity index is 0.00000162. The molecule has 3 N–H and O–H groups in total. The highest BCUT2D eigenvalue weighted by atomic mass is 35.5. The van der Waals surface area contributed by atoms with Gasteiger partial charge in [-0.25, -0.2) is 0 Å². The van der Waals surface area contributed by atoms with Gasteiger partial charge in [-0.3, -0.25) is 9.59 Å². The third-order valence-electron chi connectivity index (χ3n) is 2.70. The number of hydrogen-bond donors (Lipinski definition) is 2. The van der Waals surface area contributed by atoms with Gasteiger partial charge in [-0.05, 0) is 24.6 Å². The lowest BCUT2D eigenvalue weighted by atomic mass is 10.2. The molecule has 1 aromatic carbocycles. The molecule has 18 heavy (non-hydrogen) atoms. The zero-order valence-corrected chi connectivity index (χ0v) is 10.7. The standard InChI is InChI=1S/C12H15N3O2.ClH/c13-8-11(16)14-9-3-1-4-10(7-9)15-6-2-5-12(15)17;/h1,3-4,7H,2,5-6,8,13H2,(H,14,16);1H. The maximum absolute atomic E-state index is 11.6. The monoisotopic (exact) mass is 269 g/mol. The molecule has 0 saturated carbocycles. The molecule has 0 bridgehead atoms. The van der Waals surface area contributed by atoms with E-state index in [1.54, 1.807) is 17.0 Å². The Hall–Kier alpha value is -1.59. The first-order chi connectivity index (χ1) is 8.20. The van der Waals surface area contributed by atoms with Crippen LogP contribution in [-0.2, 0) is 9.59 Å². The van der Waals surface area contributed by atoms with Crippen molar-refractivity contribution in [2.24, 2.45) is 5.73 Å². The summed E-state index contributed by atoms with van der Waals surface area (Å²) in [6.45, 7) is 0.694. The number of hydrogen-bond acceptors (Lipinski definition) is 3. The van der Waals surface area contributed by atoms with E-state index in [9.17, 15) is 9.59 Å². The average molecular weight is 270 g/mol. The van der Waals surface area contributed by atoms with Crippen LogP contribution in [0.25, 0.3) is 0 Å². The van der Waals surface area contributed by atoms with Crippen LogP contribution in [0.15, 0.2) is 24.3 Å². The highest BCUT2D eigenvalue weighted by molar-refractivity contribution is 5.97. The summed E-state index contributed by atoms with van der Waals surface area (Å²) in [7, 11) is 0. The van der Waals surface area contributed by atoms with Gasteiger partial charge in [0.05, 0.1) is 6.54 Å². The smallest absolute Gasteiger partial charge is 0.238 e. The summed E-state index contributed by atoms with van der Waals surface area (Å²) < 4.78 is 0. The maximum Gasteiger partial charge on any atom is 0.238 e.